The number of hydrogen-bond donors (Lipinski definition) is 1. The van der Waals surface area contributed by atoms with Crippen LogP contribution in [-0.4, -0.2) is 87.6 Å². The predicted molar refractivity (Wildman–Crippen MR) is 163 cm³/mol. The number of nitrogens with zero attached hydrogens (tertiary/aromatic N) is 7. The van der Waals surface area contributed by atoms with E-state index in [2.05, 4.69) is 30.2 Å². The molecule has 1 saturated carbocycles. The standard InChI is InChI=1S/C30H32F4N8O4S/c1-41-15-23(30(32,33)34)39-27(41)20-6-3-18(13-21(20)31)16-46-28-22(35-7-8-42-9-11-47(43,44)12-10-42)14-36-26(40-28)24-25(19-4-5-19)37-17-38-29(24)45-2/h3,6,13-15,17,19,35H,4-5,7-12,16H2,1-2H3. The summed E-state index contributed by atoms with van der Waals surface area (Å²) in [7, 11) is -0.144. The average molecular weight is 677 g/mol. The van der Waals surface area contributed by atoms with E-state index < -0.39 is 27.5 Å². The van der Waals surface area contributed by atoms with Crippen molar-refractivity contribution in [2.45, 2.75) is 31.5 Å². The molecule has 0 atom stereocenters. The fourth-order valence-corrected chi connectivity index (χ4v) is 6.57. The first-order chi connectivity index (χ1) is 22.4. The van der Waals surface area contributed by atoms with Crippen molar-refractivity contribution < 1.29 is 35.5 Å². The Kier molecular flexibility index (Phi) is 9.02. The van der Waals surface area contributed by atoms with Gasteiger partial charge in [-0.05, 0) is 30.5 Å². The monoisotopic (exact) mass is 676 g/mol. The van der Waals surface area contributed by atoms with Gasteiger partial charge in [-0.1, -0.05) is 6.07 Å². The van der Waals surface area contributed by atoms with Crippen LogP contribution in [0.1, 0.15) is 35.7 Å². The fourth-order valence-electron chi connectivity index (χ4n) is 5.29. The van der Waals surface area contributed by atoms with Crippen LogP contribution in [0, 0.1) is 5.82 Å². The molecule has 4 aromatic rings. The molecule has 0 unspecified atom stereocenters. The summed E-state index contributed by atoms with van der Waals surface area (Å²) in [6.45, 7) is 1.77. The van der Waals surface area contributed by atoms with Gasteiger partial charge in [-0.3, -0.25) is 4.90 Å². The second kappa shape index (κ2) is 13.0. The van der Waals surface area contributed by atoms with E-state index in [4.69, 9.17) is 9.47 Å². The summed E-state index contributed by atoms with van der Waals surface area (Å²) in [4.78, 5) is 23.6. The summed E-state index contributed by atoms with van der Waals surface area (Å²) in [5.41, 5.74) is 0.962. The summed E-state index contributed by atoms with van der Waals surface area (Å²) in [5, 5.41) is 3.26. The second-order valence-electron chi connectivity index (χ2n) is 11.4. The molecule has 1 aliphatic carbocycles. The molecule has 3 aromatic heterocycles. The molecule has 0 bridgehead atoms. The number of ether oxygens (including phenoxy) is 2. The van der Waals surface area contributed by atoms with Crippen LogP contribution in [-0.2, 0) is 29.7 Å². The number of aryl methyl sites for hydroxylation is 1. The second-order valence-corrected chi connectivity index (χ2v) is 13.7. The van der Waals surface area contributed by atoms with Gasteiger partial charge in [-0.15, -0.1) is 0 Å². The molecule has 47 heavy (non-hydrogen) atoms. The van der Waals surface area contributed by atoms with Gasteiger partial charge in [0.05, 0.1) is 36.1 Å². The number of methoxy groups -OCH3 is 1. The normalized spacial score (nSPS) is 16.6. The van der Waals surface area contributed by atoms with Crippen LogP contribution < -0.4 is 14.8 Å². The van der Waals surface area contributed by atoms with E-state index >= 15 is 4.39 Å². The van der Waals surface area contributed by atoms with Crippen LogP contribution in [0.5, 0.6) is 11.8 Å². The number of benzene rings is 1. The SMILES string of the molecule is COc1ncnc(C2CC2)c1-c1ncc(NCCN2CCS(=O)(=O)CC2)c(OCc2ccc(-c3nc(C(F)(F)F)cn3C)c(F)c2)n1. The highest BCUT2D eigenvalue weighted by Crippen LogP contribution is 2.45. The molecular formula is C30H32F4N8O4S. The average Bonchev–Trinajstić information content (AvgIpc) is 3.81. The van der Waals surface area contributed by atoms with Crippen LogP contribution in [0.25, 0.3) is 22.8 Å². The van der Waals surface area contributed by atoms with Crippen molar-refractivity contribution in [3.05, 3.63) is 59.7 Å². The number of sulfone groups is 1. The zero-order valence-corrected chi connectivity index (χ0v) is 26.4. The molecular weight excluding hydrogens is 644 g/mol. The molecule has 250 valence electrons. The molecule has 0 amide bonds. The molecule has 1 N–H and O–H groups in total. The Morgan fingerprint density at radius 2 is 1.83 bits per heavy atom. The summed E-state index contributed by atoms with van der Waals surface area (Å²) in [5.74, 6) is 0.285. The first kappa shape index (κ1) is 32.6. The predicted octanol–water partition coefficient (Wildman–Crippen LogP) is 4.10. The number of nitrogens with one attached hydrogen (secondary N) is 1. The van der Waals surface area contributed by atoms with Gasteiger partial charge < -0.3 is 19.4 Å². The van der Waals surface area contributed by atoms with Crippen LogP contribution >= 0.6 is 0 Å². The smallest absolute Gasteiger partial charge is 0.434 e. The zero-order valence-electron chi connectivity index (χ0n) is 25.6. The molecule has 6 rings (SSSR count). The topological polar surface area (TPSA) is 137 Å². The van der Waals surface area contributed by atoms with Crippen LogP contribution in [0.15, 0.2) is 36.9 Å². The summed E-state index contributed by atoms with van der Waals surface area (Å²) in [6.07, 6.45) is 1.07. The van der Waals surface area contributed by atoms with Crippen molar-refractivity contribution in [2.75, 3.05) is 50.1 Å². The Hall–Kier alpha value is -4.38. The van der Waals surface area contributed by atoms with Crippen LogP contribution in [0.2, 0.25) is 0 Å². The molecule has 0 spiro atoms. The number of halogens is 4. The summed E-state index contributed by atoms with van der Waals surface area (Å²) < 4.78 is 91.0. The van der Waals surface area contributed by atoms with Crippen LogP contribution in [0.3, 0.4) is 0 Å². The van der Waals surface area contributed by atoms with Crippen molar-refractivity contribution >= 4 is 15.5 Å². The highest BCUT2D eigenvalue weighted by molar-refractivity contribution is 7.91. The maximum atomic E-state index is 15.2. The Morgan fingerprint density at radius 1 is 1.06 bits per heavy atom. The highest BCUT2D eigenvalue weighted by Gasteiger charge is 2.35. The molecule has 4 heterocycles. The van der Waals surface area contributed by atoms with Crippen LogP contribution in [0.4, 0.5) is 23.2 Å². The Labute approximate surface area is 268 Å². The third-order valence-electron chi connectivity index (χ3n) is 7.97. The van der Waals surface area contributed by atoms with E-state index in [9.17, 15) is 21.6 Å². The maximum absolute atomic E-state index is 15.2. The zero-order chi connectivity index (χ0) is 33.3. The number of hydrogen-bond acceptors (Lipinski definition) is 11. The lowest BCUT2D eigenvalue weighted by atomic mass is 10.1. The molecule has 2 fully saturated rings. The van der Waals surface area contributed by atoms with E-state index in [1.807, 2.05) is 4.90 Å². The first-order valence-corrected chi connectivity index (χ1v) is 16.7. The number of anilines is 1. The number of alkyl halides is 3. The molecule has 2 aliphatic rings. The van der Waals surface area contributed by atoms with Crippen molar-refractivity contribution in [1.29, 1.82) is 0 Å². The lowest BCUT2D eigenvalue weighted by molar-refractivity contribution is -0.140. The van der Waals surface area contributed by atoms with E-state index in [1.54, 1.807) is 12.3 Å². The van der Waals surface area contributed by atoms with Gasteiger partial charge in [0.2, 0.25) is 11.8 Å². The van der Waals surface area contributed by atoms with E-state index in [-0.39, 0.29) is 47.1 Å². The van der Waals surface area contributed by atoms with E-state index in [1.165, 1.54) is 32.6 Å². The van der Waals surface area contributed by atoms with Gasteiger partial charge >= 0.3 is 6.18 Å². The van der Waals surface area contributed by atoms with Gasteiger partial charge in [0.15, 0.2) is 21.4 Å². The maximum Gasteiger partial charge on any atom is 0.434 e. The minimum Gasteiger partial charge on any atom is -0.480 e. The van der Waals surface area contributed by atoms with E-state index in [0.29, 0.717) is 48.9 Å². The first-order valence-electron chi connectivity index (χ1n) is 14.9. The third-order valence-corrected chi connectivity index (χ3v) is 9.58. The lowest BCUT2D eigenvalue weighted by Crippen LogP contribution is -2.42. The Bertz CT molecular complexity index is 1870. The van der Waals surface area contributed by atoms with Gasteiger partial charge in [0.25, 0.3) is 0 Å². The van der Waals surface area contributed by atoms with Crippen molar-refractivity contribution in [3.63, 3.8) is 0 Å². The number of aromatic nitrogens is 6. The molecule has 17 heteroatoms. The van der Waals surface area contributed by atoms with Crippen molar-refractivity contribution in [2.24, 2.45) is 7.05 Å². The van der Waals surface area contributed by atoms with E-state index in [0.717, 1.165) is 29.3 Å². The van der Waals surface area contributed by atoms with Gasteiger partial charge in [0, 0.05) is 45.3 Å². The quantitative estimate of drug-likeness (QED) is 0.230. The molecule has 1 aromatic carbocycles. The van der Waals surface area contributed by atoms with Gasteiger partial charge in [-0.2, -0.15) is 18.2 Å². The molecule has 0 radical (unpaired) electrons. The minimum atomic E-state index is -4.66. The van der Waals surface area contributed by atoms with Gasteiger partial charge in [0.1, 0.15) is 35.8 Å². The number of rotatable bonds is 11. The Balaban J connectivity index is 1.24. The third kappa shape index (κ3) is 7.45. The largest absolute Gasteiger partial charge is 0.480 e. The van der Waals surface area contributed by atoms with Gasteiger partial charge in [-0.25, -0.2) is 32.7 Å². The number of imidazole rings is 1. The minimum absolute atomic E-state index is 0.0901. The molecule has 1 saturated heterocycles. The Morgan fingerprint density at radius 3 is 2.49 bits per heavy atom. The highest BCUT2D eigenvalue weighted by atomic mass is 32.2. The molecule has 1 aliphatic heterocycles. The molecule has 12 nitrogen and oxygen atoms in total. The lowest BCUT2D eigenvalue weighted by Gasteiger charge is -2.26. The summed E-state index contributed by atoms with van der Waals surface area (Å²) >= 11 is 0. The van der Waals surface area contributed by atoms with Crippen molar-refractivity contribution in [1.82, 2.24) is 34.4 Å². The van der Waals surface area contributed by atoms with Crippen molar-refractivity contribution in [3.8, 4) is 34.5 Å². The summed E-state index contributed by atoms with van der Waals surface area (Å²) in [6, 6.07) is 4.07. The fraction of sp³-hybridized carbons (Fsp3) is 0.433.